The van der Waals surface area contributed by atoms with Gasteiger partial charge in [-0.05, 0) is 12.5 Å². The predicted octanol–water partition coefficient (Wildman–Crippen LogP) is 4.36. The van der Waals surface area contributed by atoms with E-state index >= 15 is 0 Å². The molecule has 0 amide bonds. The van der Waals surface area contributed by atoms with E-state index < -0.39 is 34.6 Å². The molecule has 0 spiro atoms. The lowest BCUT2D eigenvalue weighted by Gasteiger charge is -2.08. The summed E-state index contributed by atoms with van der Waals surface area (Å²) in [6, 6.07) is 5.64. The second-order valence-electron chi connectivity index (χ2n) is 3.81. The molecule has 94 valence electrons. The molecule has 0 unspecified atom stereocenters. The monoisotopic (exact) mass is 258 g/mol. The largest absolute Gasteiger partial charge is 0.203 e. The van der Waals surface area contributed by atoms with Gasteiger partial charge in [-0.3, -0.25) is 0 Å². The van der Waals surface area contributed by atoms with Crippen molar-refractivity contribution in [2.45, 2.75) is 6.92 Å². The van der Waals surface area contributed by atoms with Crippen LogP contribution in [0.2, 0.25) is 0 Å². The fourth-order valence-corrected chi connectivity index (χ4v) is 1.58. The van der Waals surface area contributed by atoms with Crippen molar-refractivity contribution in [2.24, 2.45) is 0 Å². The van der Waals surface area contributed by atoms with E-state index in [4.69, 9.17) is 0 Å². The maximum atomic E-state index is 13.5. The molecular formula is C13H7F5. The molecule has 0 aliphatic rings. The van der Waals surface area contributed by atoms with Gasteiger partial charge in [0.25, 0.3) is 0 Å². The van der Waals surface area contributed by atoms with Gasteiger partial charge in [-0.15, -0.1) is 0 Å². The van der Waals surface area contributed by atoms with Crippen LogP contribution in [0.15, 0.2) is 24.3 Å². The Labute approximate surface area is 99.7 Å². The van der Waals surface area contributed by atoms with Gasteiger partial charge in [-0.2, -0.15) is 0 Å². The van der Waals surface area contributed by atoms with Gasteiger partial charge in [0.15, 0.2) is 23.3 Å². The predicted molar refractivity (Wildman–Crippen MR) is 56.4 cm³/mol. The fourth-order valence-electron chi connectivity index (χ4n) is 1.58. The van der Waals surface area contributed by atoms with Crippen LogP contribution in [0.3, 0.4) is 0 Å². The van der Waals surface area contributed by atoms with Crippen molar-refractivity contribution in [3.63, 3.8) is 0 Å². The minimum atomic E-state index is -2.15. The molecule has 0 bridgehead atoms. The fraction of sp³-hybridized carbons (Fsp3) is 0.0769. The quantitative estimate of drug-likeness (QED) is 0.405. The minimum absolute atomic E-state index is 0.0617. The topological polar surface area (TPSA) is 0 Å². The van der Waals surface area contributed by atoms with Crippen LogP contribution in [0.5, 0.6) is 0 Å². The molecule has 0 fully saturated rings. The van der Waals surface area contributed by atoms with Gasteiger partial charge in [0.05, 0.1) is 5.56 Å². The zero-order valence-electron chi connectivity index (χ0n) is 9.20. The maximum absolute atomic E-state index is 13.5. The molecule has 0 nitrogen and oxygen atoms in total. The van der Waals surface area contributed by atoms with Gasteiger partial charge in [0, 0.05) is 0 Å². The van der Waals surface area contributed by atoms with Crippen LogP contribution in [-0.2, 0) is 0 Å². The first-order chi connectivity index (χ1) is 8.43. The number of hydrogen-bond donors (Lipinski definition) is 0. The van der Waals surface area contributed by atoms with E-state index in [1.807, 2.05) is 0 Å². The first-order valence-corrected chi connectivity index (χ1v) is 5.02. The molecule has 0 heterocycles. The van der Waals surface area contributed by atoms with E-state index in [1.165, 1.54) is 24.3 Å². The molecule has 0 atom stereocenters. The third-order valence-corrected chi connectivity index (χ3v) is 2.55. The van der Waals surface area contributed by atoms with Gasteiger partial charge >= 0.3 is 0 Å². The molecule has 2 aromatic carbocycles. The molecule has 0 saturated heterocycles. The molecule has 2 aromatic rings. The SMILES string of the molecule is Cc1ccc(-c2c(F)c(F)c(F)c(F)c2F)cc1. The molecule has 0 aliphatic heterocycles. The zero-order valence-corrected chi connectivity index (χ0v) is 9.20. The average Bonchev–Trinajstić information content (AvgIpc) is 2.36. The lowest BCUT2D eigenvalue weighted by atomic mass is 10.0. The molecule has 18 heavy (non-hydrogen) atoms. The molecule has 0 radical (unpaired) electrons. The van der Waals surface area contributed by atoms with Gasteiger partial charge in [0.2, 0.25) is 5.82 Å². The van der Waals surface area contributed by atoms with Crippen LogP contribution in [0.25, 0.3) is 11.1 Å². The summed E-state index contributed by atoms with van der Waals surface area (Å²) in [4.78, 5) is 0. The summed E-state index contributed by atoms with van der Waals surface area (Å²) >= 11 is 0. The first-order valence-electron chi connectivity index (χ1n) is 5.02. The Morgan fingerprint density at radius 1 is 0.611 bits per heavy atom. The van der Waals surface area contributed by atoms with Gasteiger partial charge < -0.3 is 0 Å². The Morgan fingerprint density at radius 3 is 1.44 bits per heavy atom. The second kappa shape index (κ2) is 4.40. The van der Waals surface area contributed by atoms with Crippen LogP contribution >= 0.6 is 0 Å². The van der Waals surface area contributed by atoms with Crippen molar-refractivity contribution in [3.05, 3.63) is 58.9 Å². The highest BCUT2D eigenvalue weighted by atomic mass is 19.2. The second-order valence-corrected chi connectivity index (χ2v) is 3.81. The molecule has 0 aliphatic carbocycles. The highest BCUT2D eigenvalue weighted by Gasteiger charge is 2.26. The van der Waals surface area contributed by atoms with Crippen molar-refractivity contribution in [1.82, 2.24) is 0 Å². The molecule has 5 heteroatoms. The summed E-state index contributed by atoms with van der Waals surface area (Å²) in [6.07, 6.45) is 0. The Bertz CT molecular complexity index is 573. The van der Waals surface area contributed by atoms with Crippen LogP contribution in [0.4, 0.5) is 22.0 Å². The standard InChI is InChI=1S/C13H7F5/c1-6-2-4-7(5-3-6)8-9(14)11(16)13(18)12(17)10(8)15/h2-5H,1H3. The lowest BCUT2D eigenvalue weighted by Crippen LogP contribution is -2.03. The summed E-state index contributed by atoms with van der Waals surface area (Å²) < 4.78 is 65.8. The van der Waals surface area contributed by atoms with Gasteiger partial charge in [-0.25, -0.2) is 22.0 Å². The molecular weight excluding hydrogens is 251 g/mol. The minimum Gasteiger partial charge on any atom is -0.203 e. The van der Waals surface area contributed by atoms with E-state index in [0.717, 1.165) is 5.56 Å². The van der Waals surface area contributed by atoms with Crippen LogP contribution in [0.1, 0.15) is 5.56 Å². The number of benzene rings is 2. The Morgan fingerprint density at radius 2 is 1.00 bits per heavy atom. The third kappa shape index (κ3) is 1.85. The molecule has 0 aromatic heterocycles. The van der Waals surface area contributed by atoms with Gasteiger partial charge in [-0.1, -0.05) is 29.8 Å². The summed E-state index contributed by atoms with van der Waals surface area (Å²) in [5, 5.41) is 0. The Kier molecular flexibility index (Phi) is 3.07. The molecule has 2 rings (SSSR count). The Balaban J connectivity index is 2.75. The number of halogens is 5. The highest BCUT2D eigenvalue weighted by molar-refractivity contribution is 5.65. The van der Waals surface area contributed by atoms with Crippen molar-refractivity contribution >= 4 is 0 Å². The van der Waals surface area contributed by atoms with E-state index in [-0.39, 0.29) is 5.56 Å². The Hall–Kier alpha value is -1.91. The summed E-state index contributed by atoms with van der Waals surface area (Å²) in [5.74, 6) is -9.68. The number of rotatable bonds is 1. The number of hydrogen-bond acceptors (Lipinski definition) is 0. The van der Waals surface area contributed by atoms with Crippen molar-refractivity contribution in [3.8, 4) is 11.1 Å². The highest BCUT2D eigenvalue weighted by Crippen LogP contribution is 2.31. The van der Waals surface area contributed by atoms with Crippen molar-refractivity contribution in [2.75, 3.05) is 0 Å². The van der Waals surface area contributed by atoms with E-state index in [1.54, 1.807) is 6.92 Å². The lowest BCUT2D eigenvalue weighted by molar-refractivity contribution is 0.381. The zero-order chi connectivity index (χ0) is 13.4. The normalized spacial score (nSPS) is 10.8. The van der Waals surface area contributed by atoms with Crippen LogP contribution in [-0.4, -0.2) is 0 Å². The average molecular weight is 258 g/mol. The van der Waals surface area contributed by atoms with Crippen molar-refractivity contribution in [1.29, 1.82) is 0 Å². The summed E-state index contributed by atoms with van der Waals surface area (Å²) in [5.41, 5.74) is -0.164. The molecule has 0 saturated carbocycles. The maximum Gasteiger partial charge on any atom is 0.200 e. The third-order valence-electron chi connectivity index (χ3n) is 2.55. The van der Waals surface area contributed by atoms with Gasteiger partial charge in [0.1, 0.15) is 0 Å². The van der Waals surface area contributed by atoms with Crippen LogP contribution < -0.4 is 0 Å². The smallest absolute Gasteiger partial charge is 0.200 e. The van der Waals surface area contributed by atoms with E-state index in [0.29, 0.717) is 0 Å². The molecule has 0 N–H and O–H groups in total. The van der Waals surface area contributed by atoms with Crippen LogP contribution in [0, 0.1) is 36.0 Å². The van der Waals surface area contributed by atoms with E-state index in [9.17, 15) is 22.0 Å². The first kappa shape index (κ1) is 12.5. The van der Waals surface area contributed by atoms with Crippen molar-refractivity contribution < 1.29 is 22.0 Å². The summed E-state index contributed by atoms with van der Waals surface area (Å²) in [6.45, 7) is 1.74. The number of aryl methyl sites for hydroxylation is 1. The van der Waals surface area contributed by atoms with E-state index in [2.05, 4.69) is 0 Å². The summed E-state index contributed by atoms with van der Waals surface area (Å²) in [7, 11) is 0.